The van der Waals surface area contributed by atoms with Crippen molar-refractivity contribution in [2.75, 3.05) is 14.2 Å². The molecule has 0 saturated heterocycles. The zero-order chi connectivity index (χ0) is 14.3. The van der Waals surface area contributed by atoms with Gasteiger partial charge in [0.25, 0.3) is 0 Å². The van der Waals surface area contributed by atoms with E-state index in [2.05, 4.69) is 12.6 Å². The molecule has 0 aromatic heterocycles. The van der Waals surface area contributed by atoms with Gasteiger partial charge >= 0.3 is 11.9 Å². The quantitative estimate of drug-likeness (QED) is 0.446. The van der Waals surface area contributed by atoms with E-state index >= 15 is 0 Å². The van der Waals surface area contributed by atoms with Gasteiger partial charge in [-0.2, -0.15) is 0 Å². The molecular formula is C15H17O4. The first-order chi connectivity index (χ1) is 9.10. The van der Waals surface area contributed by atoms with Crippen LogP contribution in [-0.4, -0.2) is 26.2 Å². The zero-order valence-corrected chi connectivity index (χ0v) is 11.1. The maximum atomic E-state index is 12.0. The van der Waals surface area contributed by atoms with Crippen molar-refractivity contribution in [3.05, 3.63) is 48.6 Å². The summed E-state index contributed by atoms with van der Waals surface area (Å²) >= 11 is 0. The van der Waals surface area contributed by atoms with Crippen molar-refractivity contribution in [2.24, 2.45) is 5.41 Å². The van der Waals surface area contributed by atoms with Crippen LogP contribution in [0.4, 0.5) is 0 Å². The van der Waals surface area contributed by atoms with Crippen LogP contribution in [0.5, 0.6) is 0 Å². The molecule has 19 heavy (non-hydrogen) atoms. The fourth-order valence-corrected chi connectivity index (χ4v) is 1.97. The Bertz CT molecular complexity index is 434. The summed E-state index contributed by atoms with van der Waals surface area (Å²) in [5.74, 6) is -1.26. The number of esters is 2. The van der Waals surface area contributed by atoms with Gasteiger partial charge in [-0.25, -0.2) is 0 Å². The van der Waals surface area contributed by atoms with Gasteiger partial charge in [-0.1, -0.05) is 30.3 Å². The van der Waals surface area contributed by atoms with Crippen molar-refractivity contribution in [3.8, 4) is 0 Å². The lowest BCUT2D eigenvalue weighted by Gasteiger charge is -2.27. The molecule has 0 heterocycles. The second-order valence-corrected chi connectivity index (χ2v) is 4.12. The van der Waals surface area contributed by atoms with Crippen LogP contribution in [0.1, 0.15) is 12.0 Å². The molecule has 0 spiro atoms. The van der Waals surface area contributed by atoms with Crippen LogP contribution >= 0.6 is 0 Å². The highest BCUT2D eigenvalue weighted by atomic mass is 16.5. The molecule has 0 atom stereocenters. The summed E-state index contributed by atoms with van der Waals surface area (Å²) in [4.78, 5) is 24.1. The Hall–Kier alpha value is -2.10. The molecule has 0 saturated carbocycles. The number of methoxy groups -OCH3 is 2. The van der Waals surface area contributed by atoms with Crippen molar-refractivity contribution < 1.29 is 19.1 Å². The van der Waals surface area contributed by atoms with Gasteiger partial charge in [0.2, 0.25) is 0 Å². The topological polar surface area (TPSA) is 52.6 Å². The third-order valence-electron chi connectivity index (χ3n) is 2.91. The molecule has 0 aliphatic carbocycles. The van der Waals surface area contributed by atoms with Crippen LogP contribution in [0.3, 0.4) is 0 Å². The molecule has 1 rings (SSSR count). The summed E-state index contributed by atoms with van der Waals surface area (Å²) in [6.45, 7) is 3.59. The lowest BCUT2D eigenvalue weighted by Crippen LogP contribution is -2.42. The minimum Gasteiger partial charge on any atom is -0.468 e. The Kier molecular flexibility index (Phi) is 5.30. The Morgan fingerprint density at radius 1 is 1.32 bits per heavy atom. The zero-order valence-electron chi connectivity index (χ0n) is 11.1. The first-order valence-corrected chi connectivity index (χ1v) is 5.84. The molecular weight excluding hydrogens is 244 g/mol. The molecule has 1 radical (unpaired) electrons. The third-order valence-corrected chi connectivity index (χ3v) is 2.91. The van der Waals surface area contributed by atoms with Crippen molar-refractivity contribution in [3.63, 3.8) is 0 Å². The standard InChI is InChI=1S/C15H17O4/c1-4-10-15(13(16)18-2,14(17)19-3)11-12-8-6-5-7-9-12/h4-8H,1,10-11H2,2-3H3. The van der Waals surface area contributed by atoms with Gasteiger partial charge in [0.15, 0.2) is 5.41 Å². The van der Waals surface area contributed by atoms with Gasteiger partial charge in [-0.3, -0.25) is 9.59 Å². The van der Waals surface area contributed by atoms with E-state index in [4.69, 9.17) is 9.47 Å². The van der Waals surface area contributed by atoms with Gasteiger partial charge in [-0.05, 0) is 18.1 Å². The van der Waals surface area contributed by atoms with Crippen molar-refractivity contribution in [1.29, 1.82) is 0 Å². The molecule has 1 aromatic carbocycles. The number of ether oxygens (including phenoxy) is 2. The van der Waals surface area contributed by atoms with Gasteiger partial charge in [0, 0.05) is 6.42 Å². The fraction of sp³-hybridized carbons (Fsp3) is 0.333. The smallest absolute Gasteiger partial charge is 0.323 e. The second kappa shape index (κ2) is 6.73. The minimum atomic E-state index is -1.40. The number of allylic oxidation sites excluding steroid dienone is 1. The van der Waals surface area contributed by atoms with Crippen LogP contribution in [0.2, 0.25) is 0 Å². The molecule has 0 fully saturated rings. The highest BCUT2D eigenvalue weighted by molar-refractivity contribution is 6.00. The Morgan fingerprint density at radius 3 is 2.37 bits per heavy atom. The van der Waals surface area contributed by atoms with Gasteiger partial charge in [-0.15, -0.1) is 6.58 Å². The Balaban J connectivity index is 3.18. The van der Waals surface area contributed by atoms with E-state index in [0.29, 0.717) is 0 Å². The maximum absolute atomic E-state index is 12.0. The van der Waals surface area contributed by atoms with E-state index in [0.717, 1.165) is 5.56 Å². The predicted molar refractivity (Wildman–Crippen MR) is 70.3 cm³/mol. The summed E-state index contributed by atoms with van der Waals surface area (Å²) in [6, 6.07) is 10.1. The maximum Gasteiger partial charge on any atom is 0.323 e. The SMILES string of the molecule is C=CCC(Cc1[c]cccc1)(C(=O)OC)C(=O)OC. The Morgan fingerprint density at radius 2 is 1.95 bits per heavy atom. The fourth-order valence-electron chi connectivity index (χ4n) is 1.97. The molecule has 0 aliphatic rings. The highest BCUT2D eigenvalue weighted by Crippen LogP contribution is 2.31. The van der Waals surface area contributed by atoms with E-state index in [1.807, 2.05) is 12.1 Å². The molecule has 4 nitrogen and oxygen atoms in total. The molecule has 0 aliphatic heterocycles. The summed E-state index contributed by atoms with van der Waals surface area (Å²) in [5, 5.41) is 0. The summed E-state index contributed by atoms with van der Waals surface area (Å²) in [7, 11) is 2.50. The number of hydrogen-bond donors (Lipinski definition) is 0. The van der Waals surface area contributed by atoms with Crippen LogP contribution in [0.25, 0.3) is 0 Å². The average Bonchev–Trinajstić information content (AvgIpc) is 2.46. The highest BCUT2D eigenvalue weighted by Gasteiger charge is 2.47. The molecule has 0 bridgehead atoms. The summed E-state index contributed by atoms with van der Waals surface area (Å²) in [6.07, 6.45) is 1.82. The van der Waals surface area contributed by atoms with Gasteiger partial charge < -0.3 is 9.47 Å². The lowest BCUT2D eigenvalue weighted by molar-refractivity contribution is -0.168. The summed E-state index contributed by atoms with van der Waals surface area (Å²) < 4.78 is 9.52. The number of benzene rings is 1. The second-order valence-electron chi connectivity index (χ2n) is 4.12. The molecule has 0 N–H and O–H groups in total. The van der Waals surface area contributed by atoms with Crippen LogP contribution < -0.4 is 0 Å². The number of carbonyl (C=O) groups excluding carboxylic acids is 2. The lowest BCUT2D eigenvalue weighted by atomic mass is 9.78. The van der Waals surface area contributed by atoms with Crippen LogP contribution in [-0.2, 0) is 25.5 Å². The van der Waals surface area contributed by atoms with Crippen LogP contribution in [0.15, 0.2) is 36.9 Å². The first-order valence-electron chi connectivity index (χ1n) is 5.84. The third kappa shape index (κ3) is 3.22. The van der Waals surface area contributed by atoms with Gasteiger partial charge in [0.05, 0.1) is 14.2 Å². The first kappa shape index (κ1) is 15.0. The normalized spacial score (nSPS) is 10.6. The molecule has 0 unspecified atom stereocenters. The van der Waals surface area contributed by atoms with E-state index in [1.54, 1.807) is 12.1 Å². The average molecular weight is 261 g/mol. The number of carbonyl (C=O) groups is 2. The predicted octanol–water partition coefficient (Wildman–Crippen LogP) is 1.94. The van der Waals surface area contributed by atoms with E-state index in [-0.39, 0.29) is 12.8 Å². The molecule has 0 amide bonds. The van der Waals surface area contributed by atoms with Crippen molar-refractivity contribution >= 4 is 11.9 Å². The summed E-state index contributed by atoms with van der Waals surface area (Å²) in [5.41, 5.74) is -0.663. The van der Waals surface area contributed by atoms with Crippen molar-refractivity contribution in [2.45, 2.75) is 12.8 Å². The number of hydrogen-bond acceptors (Lipinski definition) is 4. The largest absolute Gasteiger partial charge is 0.468 e. The van der Waals surface area contributed by atoms with Crippen LogP contribution in [0, 0.1) is 11.5 Å². The number of rotatable bonds is 6. The molecule has 4 heteroatoms. The molecule has 1 aromatic rings. The van der Waals surface area contributed by atoms with E-state index in [9.17, 15) is 9.59 Å². The van der Waals surface area contributed by atoms with Gasteiger partial charge in [0.1, 0.15) is 0 Å². The molecule has 101 valence electrons. The van der Waals surface area contributed by atoms with Crippen molar-refractivity contribution in [1.82, 2.24) is 0 Å². The Labute approximate surface area is 113 Å². The van der Waals surface area contributed by atoms with E-state index in [1.165, 1.54) is 20.3 Å². The minimum absolute atomic E-state index is 0.148. The van der Waals surface area contributed by atoms with E-state index < -0.39 is 17.4 Å². The monoisotopic (exact) mass is 261 g/mol.